The fraction of sp³-hybridized carbons (Fsp3) is 0.900. The van der Waals surface area contributed by atoms with Crippen LogP contribution in [-0.2, 0) is 4.74 Å². The minimum Gasteiger partial charge on any atom is -0.465 e. The highest BCUT2D eigenvalue weighted by Crippen LogP contribution is 1.91. The lowest BCUT2D eigenvalue weighted by Gasteiger charge is -2.14. The lowest BCUT2D eigenvalue weighted by atomic mass is 10.4. The molecule has 0 radical (unpaired) electrons. The summed E-state index contributed by atoms with van der Waals surface area (Å²) in [4.78, 5) is 4.34. The second-order valence-corrected chi connectivity index (χ2v) is 3.68. The third kappa shape index (κ3) is 7.62. The molecule has 0 aromatic heterocycles. The van der Waals surface area contributed by atoms with Crippen LogP contribution in [0.15, 0.2) is 4.99 Å². The average Bonchev–Trinajstić information content (AvgIpc) is 1.98. The molecule has 1 N–H and O–H groups in total. The maximum Gasteiger partial charge on any atom is 0.285 e. The fourth-order valence-corrected chi connectivity index (χ4v) is 0.796. The Hall–Kier alpha value is -0.730. The molecule has 0 unspecified atom stereocenters. The highest BCUT2D eigenvalue weighted by Gasteiger charge is 2.02. The van der Waals surface area contributed by atoms with E-state index in [1.807, 2.05) is 13.8 Å². The molecule has 0 fully saturated rings. The molecule has 0 aliphatic heterocycles. The molecule has 0 saturated carbocycles. The number of hydrogen-bond acceptors (Lipinski definition) is 2. The van der Waals surface area contributed by atoms with Crippen LogP contribution in [0.4, 0.5) is 0 Å². The molecule has 0 atom stereocenters. The quantitative estimate of drug-likeness (QED) is 0.539. The minimum absolute atomic E-state index is 0.276. The van der Waals surface area contributed by atoms with Gasteiger partial charge in [-0.05, 0) is 34.1 Å². The number of rotatable bonds is 4. The van der Waals surface area contributed by atoms with Crippen LogP contribution >= 0.6 is 0 Å². The summed E-state index contributed by atoms with van der Waals surface area (Å²) in [5, 5.41) is 3.17. The van der Waals surface area contributed by atoms with Gasteiger partial charge in [0.25, 0.3) is 6.02 Å². The van der Waals surface area contributed by atoms with Gasteiger partial charge in [0.05, 0.1) is 6.61 Å². The normalized spacial score (nSPS) is 12.4. The molecule has 0 rings (SSSR count). The van der Waals surface area contributed by atoms with Crippen molar-refractivity contribution in [3.63, 3.8) is 0 Å². The Balaban J connectivity index is 4.02. The molecule has 0 aromatic carbocycles. The van der Waals surface area contributed by atoms with Crippen LogP contribution in [0.2, 0.25) is 0 Å². The van der Waals surface area contributed by atoms with Crippen LogP contribution in [0.25, 0.3) is 0 Å². The predicted molar refractivity (Wildman–Crippen MR) is 57.1 cm³/mol. The standard InChI is InChI=1S/C10H22N2O/c1-6-7-13-10(11-8(2)3)12-9(4)5/h8-9H,6-7H2,1-5H3,(H,11,12). The molecule has 3 heteroatoms. The Morgan fingerprint density at radius 3 is 2.31 bits per heavy atom. The maximum atomic E-state index is 5.45. The lowest BCUT2D eigenvalue weighted by Crippen LogP contribution is -2.33. The molecule has 13 heavy (non-hydrogen) atoms. The molecular weight excluding hydrogens is 164 g/mol. The first kappa shape index (κ1) is 12.3. The van der Waals surface area contributed by atoms with E-state index in [1.54, 1.807) is 0 Å². The molecular formula is C10H22N2O. The van der Waals surface area contributed by atoms with E-state index < -0.39 is 0 Å². The zero-order valence-electron chi connectivity index (χ0n) is 9.42. The number of hydrogen-bond donors (Lipinski definition) is 1. The van der Waals surface area contributed by atoms with E-state index in [9.17, 15) is 0 Å². The van der Waals surface area contributed by atoms with Gasteiger partial charge < -0.3 is 10.1 Å². The summed E-state index contributed by atoms with van der Waals surface area (Å²) in [5.41, 5.74) is 0. The lowest BCUT2D eigenvalue weighted by molar-refractivity contribution is 0.283. The number of amidine groups is 1. The molecule has 0 bridgehead atoms. The van der Waals surface area contributed by atoms with Gasteiger partial charge in [0.1, 0.15) is 0 Å². The summed E-state index contributed by atoms with van der Waals surface area (Å²) in [7, 11) is 0. The van der Waals surface area contributed by atoms with Gasteiger partial charge in [-0.15, -0.1) is 0 Å². The number of nitrogens with one attached hydrogen (secondary N) is 1. The van der Waals surface area contributed by atoms with Gasteiger partial charge in [-0.25, -0.2) is 4.99 Å². The third-order valence-corrected chi connectivity index (χ3v) is 1.23. The summed E-state index contributed by atoms with van der Waals surface area (Å²) >= 11 is 0. The van der Waals surface area contributed by atoms with Crippen molar-refractivity contribution >= 4 is 6.02 Å². The second-order valence-electron chi connectivity index (χ2n) is 3.68. The van der Waals surface area contributed by atoms with Crippen LogP contribution in [0, 0.1) is 0 Å². The second kappa shape index (κ2) is 6.75. The highest BCUT2D eigenvalue weighted by atomic mass is 16.5. The minimum atomic E-state index is 0.276. The monoisotopic (exact) mass is 186 g/mol. The van der Waals surface area contributed by atoms with Crippen molar-refractivity contribution < 1.29 is 4.74 Å². The van der Waals surface area contributed by atoms with Crippen LogP contribution in [-0.4, -0.2) is 24.7 Å². The first-order valence-corrected chi connectivity index (χ1v) is 5.03. The SMILES string of the molecule is CCCOC(=NC(C)C)NC(C)C. The molecule has 0 aliphatic carbocycles. The Bertz CT molecular complexity index is 153. The predicted octanol–water partition coefficient (Wildman–Crippen LogP) is 2.18. The number of nitrogens with zero attached hydrogens (tertiary/aromatic N) is 1. The Labute approximate surface area is 81.6 Å². The number of aliphatic imine (C=N–C) groups is 1. The van der Waals surface area contributed by atoms with Gasteiger partial charge in [0, 0.05) is 12.1 Å². The van der Waals surface area contributed by atoms with Crippen molar-refractivity contribution in [1.82, 2.24) is 5.32 Å². The van der Waals surface area contributed by atoms with Crippen LogP contribution in [0.5, 0.6) is 0 Å². The van der Waals surface area contributed by atoms with E-state index in [4.69, 9.17) is 4.74 Å². The topological polar surface area (TPSA) is 33.6 Å². The Morgan fingerprint density at radius 1 is 1.31 bits per heavy atom. The van der Waals surface area contributed by atoms with Gasteiger partial charge in [0.15, 0.2) is 0 Å². The maximum absolute atomic E-state index is 5.45. The average molecular weight is 186 g/mol. The van der Waals surface area contributed by atoms with Gasteiger partial charge in [-0.2, -0.15) is 0 Å². The summed E-state index contributed by atoms with van der Waals surface area (Å²) in [6.45, 7) is 11.0. The smallest absolute Gasteiger partial charge is 0.285 e. The molecule has 0 aromatic rings. The van der Waals surface area contributed by atoms with Crippen molar-refractivity contribution in [2.24, 2.45) is 4.99 Å². The first-order chi connectivity index (χ1) is 6.06. The molecule has 0 aliphatic rings. The van der Waals surface area contributed by atoms with E-state index >= 15 is 0 Å². The van der Waals surface area contributed by atoms with Crippen LogP contribution in [0.3, 0.4) is 0 Å². The molecule has 0 heterocycles. The first-order valence-electron chi connectivity index (χ1n) is 5.03. The summed E-state index contributed by atoms with van der Waals surface area (Å²) < 4.78 is 5.45. The van der Waals surface area contributed by atoms with E-state index in [-0.39, 0.29) is 6.04 Å². The summed E-state index contributed by atoms with van der Waals surface area (Å²) in [6.07, 6.45) is 1.01. The van der Waals surface area contributed by atoms with E-state index in [0.29, 0.717) is 12.1 Å². The van der Waals surface area contributed by atoms with Gasteiger partial charge in [-0.3, -0.25) is 0 Å². The molecule has 0 saturated heterocycles. The summed E-state index contributed by atoms with van der Waals surface area (Å²) in [6, 6.07) is 1.32. The zero-order chi connectivity index (χ0) is 10.3. The van der Waals surface area contributed by atoms with E-state index in [1.165, 1.54) is 0 Å². The van der Waals surface area contributed by atoms with Gasteiger partial charge in [-0.1, -0.05) is 6.92 Å². The van der Waals surface area contributed by atoms with Crippen LogP contribution < -0.4 is 5.32 Å². The molecule has 0 amide bonds. The van der Waals surface area contributed by atoms with E-state index in [2.05, 4.69) is 31.1 Å². The fourth-order valence-electron chi connectivity index (χ4n) is 0.796. The number of ether oxygens (including phenoxy) is 1. The van der Waals surface area contributed by atoms with Crippen molar-refractivity contribution in [1.29, 1.82) is 0 Å². The summed E-state index contributed by atoms with van der Waals surface area (Å²) in [5.74, 6) is 0. The van der Waals surface area contributed by atoms with Crippen LogP contribution in [0.1, 0.15) is 41.0 Å². The van der Waals surface area contributed by atoms with E-state index in [0.717, 1.165) is 13.0 Å². The Kier molecular flexibility index (Phi) is 6.37. The van der Waals surface area contributed by atoms with Crippen molar-refractivity contribution in [2.75, 3.05) is 6.61 Å². The van der Waals surface area contributed by atoms with Crippen molar-refractivity contribution in [3.8, 4) is 0 Å². The van der Waals surface area contributed by atoms with Gasteiger partial charge in [0.2, 0.25) is 0 Å². The zero-order valence-corrected chi connectivity index (χ0v) is 9.42. The van der Waals surface area contributed by atoms with Crippen molar-refractivity contribution in [2.45, 2.75) is 53.1 Å². The molecule has 78 valence electrons. The highest BCUT2D eigenvalue weighted by molar-refractivity contribution is 5.73. The third-order valence-electron chi connectivity index (χ3n) is 1.23. The molecule has 0 spiro atoms. The molecule has 3 nitrogen and oxygen atoms in total. The largest absolute Gasteiger partial charge is 0.465 e. The Morgan fingerprint density at radius 2 is 1.92 bits per heavy atom. The van der Waals surface area contributed by atoms with Crippen molar-refractivity contribution in [3.05, 3.63) is 0 Å². The van der Waals surface area contributed by atoms with Gasteiger partial charge >= 0.3 is 0 Å².